The van der Waals surface area contributed by atoms with Crippen molar-refractivity contribution in [1.29, 1.82) is 0 Å². The molecule has 0 unspecified atom stereocenters. The average molecular weight is 494 g/mol. The number of hydrogen-bond donors (Lipinski definition) is 0. The minimum absolute atomic E-state index is 0.00432. The summed E-state index contributed by atoms with van der Waals surface area (Å²) in [6, 6.07) is 25.3. The quantitative estimate of drug-likeness (QED) is 0.156. The first-order valence-corrected chi connectivity index (χ1v) is 12.8. The maximum Gasteiger partial charge on any atom is 0.266 e. The Morgan fingerprint density at radius 1 is 0.806 bits per heavy atom. The van der Waals surface area contributed by atoms with Gasteiger partial charge in [0.1, 0.15) is 0 Å². The highest BCUT2D eigenvalue weighted by molar-refractivity contribution is 7.99. The van der Waals surface area contributed by atoms with Crippen molar-refractivity contribution in [2.24, 2.45) is 0 Å². The Bertz CT molecular complexity index is 1650. The molecule has 0 aliphatic rings. The summed E-state index contributed by atoms with van der Waals surface area (Å²) in [5.74, 6) is 0.180. The number of ketones is 1. The number of benzene rings is 3. The van der Waals surface area contributed by atoms with E-state index in [1.165, 1.54) is 11.8 Å². The van der Waals surface area contributed by atoms with Crippen LogP contribution in [0.4, 0.5) is 0 Å². The van der Waals surface area contributed by atoms with Crippen molar-refractivity contribution in [3.63, 3.8) is 0 Å². The van der Waals surface area contributed by atoms with Gasteiger partial charge < -0.3 is 4.57 Å². The highest BCUT2D eigenvalue weighted by Gasteiger charge is 2.19. The first-order valence-electron chi connectivity index (χ1n) is 11.8. The number of Topliss-reactive ketones (excluding diaryl/α,β-unsaturated/α-hetero) is 1. The molecule has 0 fully saturated rings. The van der Waals surface area contributed by atoms with E-state index in [1.807, 2.05) is 94.4 Å². The number of rotatable bonds is 6. The monoisotopic (exact) mass is 493 g/mol. The molecule has 0 aliphatic heterocycles. The second-order valence-corrected chi connectivity index (χ2v) is 10.0. The van der Waals surface area contributed by atoms with Gasteiger partial charge in [0.25, 0.3) is 5.56 Å². The summed E-state index contributed by atoms with van der Waals surface area (Å²) in [6.45, 7) is 7.99. The lowest BCUT2D eigenvalue weighted by Gasteiger charge is -2.14. The third-order valence-electron chi connectivity index (χ3n) is 6.29. The SMILES string of the molecule is Cc1cc(C)cc(-n2c(SCC(=O)c3cc(C)n(-c4ccccc4)c3C)nc3ccccc3c2=O)c1. The Morgan fingerprint density at radius 2 is 1.47 bits per heavy atom. The summed E-state index contributed by atoms with van der Waals surface area (Å²) in [7, 11) is 0. The number of nitrogens with zero attached hydrogens (tertiary/aromatic N) is 3. The summed E-state index contributed by atoms with van der Waals surface area (Å²) >= 11 is 1.30. The zero-order valence-electron chi connectivity index (χ0n) is 20.8. The van der Waals surface area contributed by atoms with Crippen LogP contribution in [-0.4, -0.2) is 25.7 Å². The molecule has 5 rings (SSSR count). The molecule has 180 valence electrons. The van der Waals surface area contributed by atoms with Crippen molar-refractivity contribution in [3.05, 3.63) is 117 Å². The fourth-order valence-corrected chi connectivity index (χ4v) is 5.64. The van der Waals surface area contributed by atoms with Crippen LogP contribution in [0.2, 0.25) is 0 Å². The number of carbonyl (C=O) groups excluding carboxylic acids is 1. The van der Waals surface area contributed by atoms with Gasteiger partial charge in [0, 0.05) is 22.6 Å². The molecule has 0 bridgehead atoms. The van der Waals surface area contributed by atoms with Crippen LogP contribution in [0.3, 0.4) is 0 Å². The molecule has 6 heteroatoms. The lowest BCUT2D eigenvalue weighted by molar-refractivity contribution is 0.102. The molecule has 0 N–H and O–H groups in total. The number of hydrogen-bond acceptors (Lipinski definition) is 4. The van der Waals surface area contributed by atoms with Crippen LogP contribution in [0.5, 0.6) is 0 Å². The highest BCUT2D eigenvalue weighted by Crippen LogP contribution is 2.26. The molecule has 0 amide bonds. The third-order valence-corrected chi connectivity index (χ3v) is 7.23. The second kappa shape index (κ2) is 9.63. The zero-order valence-corrected chi connectivity index (χ0v) is 21.6. The molecule has 3 aromatic carbocycles. The minimum atomic E-state index is -0.136. The van der Waals surface area contributed by atoms with E-state index in [0.717, 1.165) is 33.9 Å². The molecular formula is C30H27N3O2S. The molecule has 5 aromatic rings. The fourth-order valence-electron chi connectivity index (χ4n) is 4.74. The first kappa shape index (κ1) is 23.8. The lowest BCUT2D eigenvalue weighted by Crippen LogP contribution is -2.22. The highest BCUT2D eigenvalue weighted by atomic mass is 32.2. The Balaban J connectivity index is 1.53. The van der Waals surface area contributed by atoms with E-state index in [1.54, 1.807) is 10.6 Å². The number of para-hydroxylation sites is 2. The summed E-state index contributed by atoms with van der Waals surface area (Å²) < 4.78 is 3.73. The van der Waals surface area contributed by atoms with Gasteiger partial charge in [-0.2, -0.15) is 0 Å². The Morgan fingerprint density at radius 3 is 2.19 bits per heavy atom. The van der Waals surface area contributed by atoms with Crippen LogP contribution in [-0.2, 0) is 0 Å². The van der Waals surface area contributed by atoms with Gasteiger partial charge in [-0.1, -0.05) is 48.2 Å². The van der Waals surface area contributed by atoms with E-state index in [9.17, 15) is 9.59 Å². The normalized spacial score (nSPS) is 11.2. The maximum atomic E-state index is 13.6. The molecule has 0 radical (unpaired) electrons. The average Bonchev–Trinajstić information content (AvgIpc) is 3.16. The summed E-state index contributed by atoms with van der Waals surface area (Å²) in [6.07, 6.45) is 0. The Kier molecular flexibility index (Phi) is 6.37. The smallest absolute Gasteiger partial charge is 0.266 e. The maximum absolute atomic E-state index is 13.6. The van der Waals surface area contributed by atoms with Gasteiger partial charge in [0.15, 0.2) is 10.9 Å². The summed E-state index contributed by atoms with van der Waals surface area (Å²) in [4.78, 5) is 31.8. The Labute approximate surface area is 214 Å². The fraction of sp³-hybridized carbons (Fsp3) is 0.167. The van der Waals surface area contributed by atoms with Crippen LogP contribution in [0, 0.1) is 27.7 Å². The van der Waals surface area contributed by atoms with E-state index in [4.69, 9.17) is 4.98 Å². The second-order valence-electron chi connectivity index (χ2n) is 9.07. The van der Waals surface area contributed by atoms with Crippen molar-refractivity contribution < 1.29 is 4.79 Å². The summed E-state index contributed by atoms with van der Waals surface area (Å²) in [5, 5.41) is 1.06. The van der Waals surface area contributed by atoms with Crippen molar-refractivity contribution in [2.75, 3.05) is 5.75 Å². The van der Waals surface area contributed by atoms with Crippen LogP contribution in [0.15, 0.2) is 88.8 Å². The van der Waals surface area contributed by atoms with Crippen LogP contribution in [0.25, 0.3) is 22.3 Å². The molecule has 0 saturated heterocycles. The van der Waals surface area contributed by atoms with E-state index < -0.39 is 0 Å². The molecule has 2 aromatic heterocycles. The molecule has 0 spiro atoms. The molecule has 0 saturated carbocycles. The van der Waals surface area contributed by atoms with E-state index in [-0.39, 0.29) is 17.1 Å². The number of fused-ring (bicyclic) bond motifs is 1. The first-order chi connectivity index (χ1) is 17.3. The number of carbonyl (C=O) groups is 1. The van der Waals surface area contributed by atoms with E-state index in [2.05, 4.69) is 10.6 Å². The van der Waals surface area contributed by atoms with Gasteiger partial charge in [-0.15, -0.1) is 0 Å². The molecule has 5 nitrogen and oxygen atoms in total. The van der Waals surface area contributed by atoms with Crippen LogP contribution >= 0.6 is 11.8 Å². The lowest BCUT2D eigenvalue weighted by atomic mass is 10.1. The molecular weight excluding hydrogens is 466 g/mol. The Hall–Kier alpha value is -3.90. The summed E-state index contributed by atoms with van der Waals surface area (Å²) in [5.41, 5.74) is 6.99. The van der Waals surface area contributed by atoms with E-state index >= 15 is 0 Å². The van der Waals surface area contributed by atoms with E-state index in [0.29, 0.717) is 21.6 Å². The number of thioether (sulfide) groups is 1. The van der Waals surface area contributed by atoms with Gasteiger partial charge in [-0.05, 0) is 81.3 Å². The number of aromatic nitrogens is 3. The third kappa shape index (κ3) is 4.40. The van der Waals surface area contributed by atoms with Gasteiger partial charge in [0.2, 0.25) is 0 Å². The van der Waals surface area contributed by atoms with Gasteiger partial charge in [-0.25, -0.2) is 4.98 Å². The van der Waals surface area contributed by atoms with Crippen LogP contribution < -0.4 is 5.56 Å². The molecule has 0 atom stereocenters. The zero-order chi connectivity index (χ0) is 25.4. The van der Waals surface area contributed by atoms with Gasteiger partial charge >= 0.3 is 0 Å². The van der Waals surface area contributed by atoms with Gasteiger partial charge in [0.05, 0.1) is 22.3 Å². The van der Waals surface area contributed by atoms with Crippen LogP contribution in [0.1, 0.15) is 32.9 Å². The van der Waals surface area contributed by atoms with Gasteiger partial charge in [-0.3, -0.25) is 14.2 Å². The van der Waals surface area contributed by atoms with Crippen molar-refractivity contribution in [3.8, 4) is 11.4 Å². The predicted molar refractivity (Wildman–Crippen MR) is 147 cm³/mol. The van der Waals surface area contributed by atoms with Crippen molar-refractivity contribution >= 4 is 28.4 Å². The number of aryl methyl sites for hydroxylation is 3. The topological polar surface area (TPSA) is 56.9 Å². The molecule has 36 heavy (non-hydrogen) atoms. The molecule has 0 aliphatic carbocycles. The predicted octanol–water partition coefficient (Wildman–Crippen LogP) is 6.39. The standard InChI is InChI=1S/C30H27N3O2S/c1-19-14-20(2)16-24(15-19)33-29(35)25-12-8-9-13-27(25)31-30(33)36-18-28(34)26-17-21(3)32(22(26)4)23-10-6-5-7-11-23/h5-17H,18H2,1-4H3. The minimum Gasteiger partial charge on any atom is -0.318 e. The van der Waals surface area contributed by atoms with Crippen molar-refractivity contribution in [1.82, 2.24) is 14.1 Å². The largest absolute Gasteiger partial charge is 0.318 e. The molecule has 2 heterocycles. The van der Waals surface area contributed by atoms with Crippen molar-refractivity contribution in [2.45, 2.75) is 32.9 Å².